The highest BCUT2D eigenvalue weighted by Gasteiger charge is 2.18. The zero-order valence-electron chi connectivity index (χ0n) is 9.15. The summed E-state index contributed by atoms with van der Waals surface area (Å²) in [5, 5.41) is 14.9. The summed E-state index contributed by atoms with van der Waals surface area (Å²) < 4.78 is 0. The maximum absolute atomic E-state index is 10.7. The molecule has 2 N–H and O–H groups in total. The maximum Gasteiger partial charge on any atom is 0.307 e. The number of hydrogen-bond acceptors (Lipinski definition) is 4. The summed E-state index contributed by atoms with van der Waals surface area (Å²) in [5.74, 6) is -1.16. The van der Waals surface area contributed by atoms with Crippen LogP contribution in [-0.2, 0) is 11.3 Å². The van der Waals surface area contributed by atoms with Crippen molar-refractivity contribution in [3.05, 3.63) is 16.1 Å². The standard InChI is InChI=1S/C10H16N2O2S/c1-6-5-15-9(12-6)4-11-8(3)7(2)10(13)14/h5,7-8,11H,4H2,1-3H3,(H,13,14). The Labute approximate surface area is 93.4 Å². The predicted molar refractivity (Wildman–Crippen MR) is 60.0 cm³/mol. The van der Waals surface area contributed by atoms with E-state index in [-0.39, 0.29) is 12.0 Å². The second-order valence-corrected chi connectivity index (χ2v) is 4.62. The molecular weight excluding hydrogens is 212 g/mol. The second kappa shape index (κ2) is 5.23. The van der Waals surface area contributed by atoms with Crippen molar-refractivity contribution in [1.82, 2.24) is 10.3 Å². The lowest BCUT2D eigenvalue weighted by Crippen LogP contribution is -2.35. The first-order chi connectivity index (χ1) is 7.00. The van der Waals surface area contributed by atoms with Crippen LogP contribution >= 0.6 is 11.3 Å². The zero-order chi connectivity index (χ0) is 11.4. The van der Waals surface area contributed by atoms with E-state index in [1.54, 1.807) is 18.3 Å². The predicted octanol–water partition coefficient (Wildman–Crippen LogP) is 1.65. The molecule has 2 unspecified atom stereocenters. The van der Waals surface area contributed by atoms with E-state index in [9.17, 15) is 4.79 Å². The topological polar surface area (TPSA) is 62.2 Å². The van der Waals surface area contributed by atoms with E-state index in [2.05, 4.69) is 10.3 Å². The van der Waals surface area contributed by atoms with Crippen molar-refractivity contribution in [3.8, 4) is 0 Å². The van der Waals surface area contributed by atoms with E-state index in [0.717, 1.165) is 10.7 Å². The SMILES string of the molecule is Cc1csc(CNC(C)C(C)C(=O)O)n1. The van der Waals surface area contributed by atoms with Crippen LogP contribution in [-0.4, -0.2) is 22.1 Å². The normalized spacial score (nSPS) is 14.9. The molecule has 15 heavy (non-hydrogen) atoms. The van der Waals surface area contributed by atoms with Gasteiger partial charge < -0.3 is 10.4 Å². The second-order valence-electron chi connectivity index (χ2n) is 3.68. The first kappa shape index (κ1) is 12.1. The van der Waals surface area contributed by atoms with Gasteiger partial charge in [0, 0.05) is 23.7 Å². The van der Waals surface area contributed by atoms with Gasteiger partial charge in [0.25, 0.3) is 0 Å². The number of hydrogen-bond donors (Lipinski definition) is 2. The van der Waals surface area contributed by atoms with Crippen molar-refractivity contribution in [1.29, 1.82) is 0 Å². The molecule has 0 bridgehead atoms. The Hall–Kier alpha value is -0.940. The van der Waals surface area contributed by atoms with Crippen LogP contribution in [0, 0.1) is 12.8 Å². The van der Waals surface area contributed by atoms with Gasteiger partial charge in [0.2, 0.25) is 0 Å². The van der Waals surface area contributed by atoms with Gasteiger partial charge in [0.15, 0.2) is 0 Å². The number of nitrogens with one attached hydrogen (secondary N) is 1. The van der Waals surface area contributed by atoms with Crippen LogP contribution in [0.5, 0.6) is 0 Å². The highest BCUT2D eigenvalue weighted by molar-refractivity contribution is 7.09. The molecular formula is C10H16N2O2S. The zero-order valence-corrected chi connectivity index (χ0v) is 9.97. The smallest absolute Gasteiger partial charge is 0.307 e. The summed E-state index contributed by atoms with van der Waals surface area (Å²) >= 11 is 1.59. The van der Waals surface area contributed by atoms with Crippen LogP contribution in [0.25, 0.3) is 0 Å². The number of aryl methyl sites for hydroxylation is 1. The molecule has 0 spiro atoms. The van der Waals surface area contributed by atoms with Crippen LogP contribution in [0.4, 0.5) is 0 Å². The third-order valence-electron chi connectivity index (χ3n) is 2.38. The monoisotopic (exact) mass is 228 g/mol. The summed E-state index contributed by atoms with van der Waals surface area (Å²) in [6.45, 7) is 6.16. The Morgan fingerprint density at radius 3 is 2.80 bits per heavy atom. The van der Waals surface area contributed by atoms with Gasteiger partial charge in [0.05, 0.1) is 5.92 Å². The first-order valence-corrected chi connectivity index (χ1v) is 5.76. The van der Waals surface area contributed by atoms with Crippen molar-refractivity contribution in [3.63, 3.8) is 0 Å². The molecule has 4 nitrogen and oxygen atoms in total. The number of carboxylic acids is 1. The highest BCUT2D eigenvalue weighted by Crippen LogP contribution is 2.09. The Kier molecular flexibility index (Phi) is 4.23. The molecule has 0 aromatic carbocycles. The lowest BCUT2D eigenvalue weighted by molar-refractivity contribution is -0.141. The van der Waals surface area contributed by atoms with E-state index >= 15 is 0 Å². The summed E-state index contributed by atoms with van der Waals surface area (Å²) in [6, 6.07) is -0.0493. The Bertz CT molecular complexity index is 338. The minimum atomic E-state index is -0.773. The summed E-state index contributed by atoms with van der Waals surface area (Å²) in [4.78, 5) is 15.0. The first-order valence-electron chi connectivity index (χ1n) is 4.88. The van der Waals surface area contributed by atoms with E-state index in [4.69, 9.17) is 5.11 Å². The number of carboxylic acid groups (broad SMARTS) is 1. The number of carbonyl (C=O) groups is 1. The molecule has 0 radical (unpaired) electrons. The van der Waals surface area contributed by atoms with Crippen molar-refractivity contribution < 1.29 is 9.90 Å². The molecule has 0 aliphatic rings. The fourth-order valence-electron chi connectivity index (χ4n) is 1.12. The molecule has 0 aliphatic carbocycles. The summed E-state index contributed by atoms with van der Waals surface area (Å²) in [6.07, 6.45) is 0. The molecule has 5 heteroatoms. The molecule has 0 aliphatic heterocycles. The van der Waals surface area contributed by atoms with E-state index in [0.29, 0.717) is 6.54 Å². The summed E-state index contributed by atoms with van der Waals surface area (Å²) in [5.41, 5.74) is 1.01. The van der Waals surface area contributed by atoms with Crippen LogP contribution in [0.15, 0.2) is 5.38 Å². The molecule has 2 atom stereocenters. The molecule has 0 amide bonds. The van der Waals surface area contributed by atoms with Gasteiger partial charge in [-0.05, 0) is 13.8 Å². The molecule has 1 aromatic heterocycles. The molecule has 1 rings (SSSR count). The quantitative estimate of drug-likeness (QED) is 0.804. The van der Waals surface area contributed by atoms with Crippen LogP contribution in [0.1, 0.15) is 24.5 Å². The largest absolute Gasteiger partial charge is 0.481 e. The third-order valence-corrected chi connectivity index (χ3v) is 3.35. The summed E-state index contributed by atoms with van der Waals surface area (Å²) in [7, 11) is 0. The van der Waals surface area contributed by atoms with E-state index < -0.39 is 5.97 Å². The van der Waals surface area contributed by atoms with Gasteiger partial charge in [-0.15, -0.1) is 11.3 Å². The fraction of sp³-hybridized carbons (Fsp3) is 0.600. The fourth-order valence-corrected chi connectivity index (χ4v) is 1.85. The van der Waals surface area contributed by atoms with Crippen LogP contribution in [0.3, 0.4) is 0 Å². The Morgan fingerprint density at radius 1 is 1.67 bits per heavy atom. The Morgan fingerprint density at radius 2 is 2.33 bits per heavy atom. The third kappa shape index (κ3) is 3.60. The molecule has 1 heterocycles. The lowest BCUT2D eigenvalue weighted by Gasteiger charge is -2.16. The minimum absolute atomic E-state index is 0.0493. The van der Waals surface area contributed by atoms with Gasteiger partial charge in [-0.25, -0.2) is 4.98 Å². The van der Waals surface area contributed by atoms with E-state index in [1.165, 1.54) is 0 Å². The van der Waals surface area contributed by atoms with Gasteiger partial charge in [-0.1, -0.05) is 6.92 Å². The maximum atomic E-state index is 10.7. The Balaban J connectivity index is 2.40. The lowest BCUT2D eigenvalue weighted by atomic mass is 10.0. The average Bonchev–Trinajstić information content (AvgIpc) is 2.59. The van der Waals surface area contributed by atoms with Crippen LogP contribution < -0.4 is 5.32 Å². The number of thiazole rings is 1. The molecule has 1 aromatic rings. The number of aromatic nitrogens is 1. The van der Waals surface area contributed by atoms with Crippen molar-refractivity contribution in [2.45, 2.75) is 33.4 Å². The van der Waals surface area contributed by atoms with Gasteiger partial charge in [-0.2, -0.15) is 0 Å². The molecule has 84 valence electrons. The van der Waals surface area contributed by atoms with Gasteiger partial charge in [0.1, 0.15) is 5.01 Å². The van der Waals surface area contributed by atoms with Crippen molar-refractivity contribution in [2.24, 2.45) is 5.92 Å². The van der Waals surface area contributed by atoms with Crippen LogP contribution in [0.2, 0.25) is 0 Å². The van der Waals surface area contributed by atoms with E-state index in [1.807, 2.05) is 19.2 Å². The number of nitrogens with zero attached hydrogens (tertiary/aromatic N) is 1. The number of aliphatic carboxylic acids is 1. The molecule has 0 saturated heterocycles. The number of rotatable bonds is 5. The van der Waals surface area contributed by atoms with Gasteiger partial charge >= 0.3 is 5.97 Å². The van der Waals surface area contributed by atoms with Crippen molar-refractivity contribution >= 4 is 17.3 Å². The molecule has 0 fully saturated rings. The average molecular weight is 228 g/mol. The molecule has 0 saturated carbocycles. The highest BCUT2D eigenvalue weighted by atomic mass is 32.1. The van der Waals surface area contributed by atoms with Crippen molar-refractivity contribution in [2.75, 3.05) is 0 Å². The van der Waals surface area contributed by atoms with Gasteiger partial charge in [-0.3, -0.25) is 4.79 Å². The minimum Gasteiger partial charge on any atom is -0.481 e.